The number of hydrogen-bond acceptors (Lipinski definition) is 5. The number of carboxylic acids is 2. The lowest BCUT2D eigenvalue weighted by atomic mass is 9.62. The summed E-state index contributed by atoms with van der Waals surface area (Å²) in [5.74, 6) is -3.99. The highest BCUT2D eigenvalue weighted by molar-refractivity contribution is 5.91. The zero-order valence-electron chi connectivity index (χ0n) is 16.8. The standard InChI is InChI=1S/C19H27FN2O6/c1-17(2,3)28-16(27)22-8-6-21(7-9-22)12-10-13(20)19(5,15(25)26)18(4,11-12)14(23)24/h10-11H,6-9H2,1-5H3,(H,23,24)(H,25,26). The average Bonchev–Trinajstić information content (AvgIpc) is 2.57. The Morgan fingerprint density at radius 3 is 2.04 bits per heavy atom. The van der Waals surface area contributed by atoms with Crippen LogP contribution in [-0.2, 0) is 14.3 Å². The number of allylic oxidation sites excluding steroid dienone is 1. The van der Waals surface area contributed by atoms with Crippen LogP contribution in [0.5, 0.6) is 0 Å². The highest BCUT2D eigenvalue weighted by Crippen LogP contribution is 2.51. The molecule has 2 aliphatic rings. The molecule has 0 aromatic rings. The summed E-state index contributed by atoms with van der Waals surface area (Å²) in [5, 5.41) is 19.1. The predicted octanol–water partition coefficient (Wildman–Crippen LogP) is 2.47. The predicted molar refractivity (Wildman–Crippen MR) is 98.1 cm³/mol. The van der Waals surface area contributed by atoms with Gasteiger partial charge in [0, 0.05) is 31.9 Å². The average molecular weight is 398 g/mol. The van der Waals surface area contributed by atoms with Crippen molar-refractivity contribution in [3.05, 3.63) is 23.7 Å². The Hall–Kier alpha value is -2.58. The molecule has 28 heavy (non-hydrogen) atoms. The van der Waals surface area contributed by atoms with E-state index in [4.69, 9.17) is 4.74 Å². The summed E-state index contributed by atoms with van der Waals surface area (Å²) in [5.41, 5.74) is -4.49. The monoisotopic (exact) mass is 398 g/mol. The zero-order chi connectivity index (χ0) is 21.5. The van der Waals surface area contributed by atoms with Gasteiger partial charge in [-0.1, -0.05) is 0 Å². The van der Waals surface area contributed by atoms with Crippen LogP contribution in [-0.4, -0.2) is 69.8 Å². The summed E-state index contributed by atoms with van der Waals surface area (Å²) in [7, 11) is 0. The molecular formula is C19H27FN2O6. The zero-order valence-corrected chi connectivity index (χ0v) is 16.8. The SMILES string of the molecule is CC(C)(C)OC(=O)N1CCN(C2=CC(C)(C(=O)O)C(C)(C(=O)O)C(F)=C2)CC1. The third-order valence-corrected chi connectivity index (χ3v) is 5.40. The number of carbonyl (C=O) groups excluding carboxylic acids is 1. The van der Waals surface area contributed by atoms with Gasteiger partial charge >= 0.3 is 18.0 Å². The molecule has 2 N–H and O–H groups in total. The summed E-state index contributed by atoms with van der Waals surface area (Å²) in [6, 6.07) is 0. The van der Waals surface area contributed by atoms with E-state index in [1.807, 2.05) is 0 Å². The fourth-order valence-corrected chi connectivity index (χ4v) is 3.26. The molecule has 0 bridgehead atoms. The molecule has 156 valence electrons. The third-order valence-electron chi connectivity index (χ3n) is 5.40. The molecule has 9 heteroatoms. The molecular weight excluding hydrogens is 371 g/mol. The number of ether oxygens (including phenoxy) is 1. The quantitative estimate of drug-likeness (QED) is 0.752. The van der Waals surface area contributed by atoms with Gasteiger partial charge in [0.1, 0.15) is 22.3 Å². The fourth-order valence-electron chi connectivity index (χ4n) is 3.26. The summed E-state index contributed by atoms with van der Waals surface area (Å²) >= 11 is 0. The first-order valence-corrected chi connectivity index (χ1v) is 9.02. The van der Waals surface area contributed by atoms with Crippen LogP contribution in [0.3, 0.4) is 0 Å². The maximum Gasteiger partial charge on any atom is 0.410 e. The molecule has 1 aliphatic carbocycles. The van der Waals surface area contributed by atoms with Crippen molar-refractivity contribution in [2.45, 2.75) is 40.2 Å². The van der Waals surface area contributed by atoms with Crippen LogP contribution in [0.1, 0.15) is 34.6 Å². The molecule has 2 atom stereocenters. The first-order valence-electron chi connectivity index (χ1n) is 9.02. The molecule has 1 aliphatic heterocycles. The van der Waals surface area contributed by atoms with Gasteiger partial charge in [-0.2, -0.15) is 0 Å². The van der Waals surface area contributed by atoms with Crippen molar-refractivity contribution < 1.29 is 33.7 Å². The van der Waals surface area contributed by atoms with E-state index >= 15 is 0 Å². The van der Waals surface area contributed by atoms with Crippen LogP contribution < -0.4 is 0 Å². The Balaban J connectivity index is 2.22. The maximum absolute atomic E-state index is 14.8. The topological polar surface area (TPSA) is 107 Å². The van der Waals surface area contributed by atoms with Crippen molar-refractivity contribution >= 4 is 18.0 Å². The molecule has 0 spiro atoms. The van der Waals surface area contributed by atoms with E-state index in [0.717, 1.165) is 13.0 Å². The number of rotatable bonds is 3. The lowest BCUT2D eigenvalue weighted by Gasteiger charge is -2.43. The van der Waals surface area contributed by atoms with E-state index in [9.17, 15) is 29.0 Å². The Kier molecular flexibility index (Phi) is 5.51. The molecule has 0 aromatic heterocycles. The molecule has 2 rings (SSSR count). The van der Waals surface area contributed by atoms with E-state index in [2.05, 4.69) is 0 Å². The van der Waals surface area contributed by atoms with Gasteiger partial charge in [0.05, 0.1) is 0 Å². The van der Waals surface area contributed by atoms with Crippen molar-refractivity contribution in [3.8, 4) is 0 Å². The number of aliphatic carboxylic acids is 2. The summed E-state index contributed by atoms with van der Waals surface area (Å²) < 4.78 is 20.1. The Bertz CT molecular complexity index is 748. The number of amides is 1. The van der Waals surface area contributed by atoms with Gasteiger partial charge in [-0.05, 0) is 46.8 Å². The first-order chi connectivity index (χ1) is 12.7. The highest BCUT2D eigenvalue weighted by Gasteiger charge is 2.59. The molecule has 0 aromatic carbocycles. The Morgan fingerprint density at radius 2 is 1.61 bits per heavy atom. The van der Waals surface area contributed by atoms with Crippen LogP contribution in [0.25, 0.3) is 0 Å². The number of carboxylic acid groups (broad SMARTS) is 2. The van der Waals surface area contributed by atoms with Gasteiger partial charge in [-0.3, -0.25) is 9.59 Å². The molecule has 0 saturated carbocycles. The summed E-state index contributed by atoms with van der Waals surface area (Å²) in [6.45, 7) is 8.91. The van der Waals surface area contributed by atoms with E-state index in [1.165, 1.54) is 17.9 Å². The van der Waals surface area contributed by atoms with Crippen molar-refractivity contribution in [3.63, 3.8) is 0 Å². The normalized spacial score (nSPS) is 28.4. The molecule has 8 nitrogen and oxygen atoms in total. The number of nitrogens with zero attached hydrogens (tertiary/aromatic N) is 2. The molecule has 1 heterocycles. The van der Waals surface area contributed by atoms with Crippen LogP contribution in [0, 0.1) is 10.8 Å². The summed E-state index contributed by atoms with van der Waals surface area (Å²) in [6.07, 6.45) is 1.91. The van der Waals surface area contributed by atoms with Gasteiger partial charge < -0.3 is 24.7 Å². The van der Waals surface area contributed by atoms with Crippen molar-refractivity contribution in [2.24, 2.45) is 10.8 Å². The van der Waals surface area contributed by atoms with Crippen LogP contribution in [0.2, 0.25) is 0 Å². The maximum atomic E-state index is 14.8. The molecule has 2 unspecified atom stereocenters. The molecule has 0 radical (unpaired) electrons. The second-order valence-electron chi connectivity index (χ2n) is 8.45. The minimum atomic E-state index is -2.21. The highest BCUT2D eigenvalue weighted by atomic mass is 19.1. The van der Waals surface area contributed by atoms with Crippen LogP contribution in [0.4, 0.5) is 9.18 Å². The number of hydrogen-bond donors (Lipinski definition) is 2. The number of piperazine rings is 1. The second-order valence-corrected chi connectivity index (χ2v) is 8.45. The lowest BCUT2D eigenvalue weighted by Crippen LogP contribution is -2.53. The van der Waals surface area contributed by atoms with E-state index in [0.29, 0.717) is 31.9 Å². The number of halogens is 1. The lowest BCUT2D eigenvalue weighted by molar-refractivity contribution is -0.165. The second kappa shape index (κ2) is 7.10. The van der Waals surface area contributed by atoms with Gasteiger partial charge in [0.25, 0.3) is 0 Å². The van der Waals surface area contributed by atoms with E-state index in [-0.39, 0.29) is 0 Å². The van der Waals surface area contributed by atoms with Gasteiger partial charge in [-0.25, -0.2) is 9.18 Å². The largest absolute Gasteiger partial charge is 0.481 e. The van der Waals surface area contributed by atoms with Crippen LogP contribution >= 0.6 is 0 Å². The Morgan fingerprint density at radius 1 is 1.07 bits per heavy atom. The first kappa shape index (κ1) is 21.7. The van der Waals surface area contributed by atoms with Gasteiger partial charge in [-0.15, -0.1) is 0 Å². The van der Waals surface area contributed by atoms with Gasteiger partial charge in [0.2, 0.25) is 0 Å². The minimum absolute atomic E-state index is 0.296. The molecule has 1 fully saturated rings. The molecule has 1 saturated heterocycles. The fraction of sp³-hybridized carbons (Fsp3) is 0.632. The van der Waals surface area contributed by atoms with Crippen molar-refractivity contribution in [2.75, 3.05) is 26.2 Å². The number of carbonyl (C=O) groups is 3. The minimum Gasteiger partial charge on any atom is -0.481 e. The van der Waals surface area contributed by atoms with E-state index in [1.54, 1.807) is 25.7 Å². The van der Waals surface area contributed by atoms with Crippen molar-refractivity contribution in [1.82, 2.24) is 9.80 Å². The molecule has 1 amide bonds. The third kappa shape index (κ3) is 3.70. The smallest absolute Gasteiger partial charge is 0.410 e. The Labute approximate surface area is 163 Å². The van der Waals surface area contributed by atoms with Gasteiger partial charge in [0.15, 0.2) is 0 Å². The summed E-state index contributed by atoms with van der Waals surface area (Å²) in [4.78, 5) is 39.0. The van der Waals surface area contributed by atoms with Crippen LogP contribution in [0.15, 0.2) is 23.7 Å². The van der Waals surface area contributed by atoms with Crippen molar-refractivity contribution in [1.29, 1.82) is 0 Å². The van der Waals surface area contributed by atoms with E-state index < -0.39 is 40.3 Å².